The fourth-order valence-corrected chi connectivity index (χ4v) is 8.93. The molecule has 3 nitrogen and oxygen atoms in total. The minimum absolute atomic E-state index is 0.480. The van der Waals surface area contributed by atoms with Crippen molar-refractivity contribution in [3.63, 3.8) is 0 Å². The van der Waals surface area contributed by atoms with Gasteiger partial charge in [0.15, 0.2) is 5.82 Å². The molecule has 0 radical (unpaired) electrons. The first-order valence-corrected chi connectivity index (χ1v) is 18.1. The van der Waals surface area contributed by atoms with Gasteiger partial charge in [-0.05, 0) is 57.1 Å². The van der Waals surface area contributed by atoms with E-state index in [0.717, 1.165) is 44.9 Å². The van der Waals surface area contributed by atoms with Crippen LogP contribution in [0.25, 0.3) is 78.3 Å². The number of rotatable bonds is 4. The Bertz CT molecular complexity index is 2790. The van der Waals surface area contributed by atoms with Crippen molar-refractivity contribution in [1.82, 2.24) is 15.0 Å². The maximum Gasteiger partial charge on any atom is 0.160 e. The second-order valence-electron chi connectivity index (χ2n) is 13.9. The van der Waals surface area contributed by atoms with Crippen LogP contribution in [0.2, 0.25) is 0 Å². The molecule has 2 aromatic heterocycles. The summed E-state index contributed by atoms with van der Waals surface area (Å²) in [6.07, 6.45) is 0. The van der Waals surface area contributed by atoms with E-state index in [2.05, 4.69) is 176 Å². The van der Waals surface area contributed by atoms with Gasteiger partial charge in [0.1, 0.15) is 0 Å². The van der Waals surface area contributed by atoms with Crippen LogP contribution in [0.4, 0.5) is 0 Å². The highest BCUT2D eigenvalue weighted by Crippen LogP contribution is 2.65. The van der Waals surface area contributed by atoms with E-state index >= 15 is 0 Å². The molecule has 0 aliphatic heterocycles. The minimum atomic E-state index is -0.480. The van der Waals surface area contributed by atoms with Gasteiger partial charge in [0.05, 0.1) is 28.0 Å². The van der Waals surface area contributed by atoms with Gasteiger partial charge in [-0.2, -0.15) is 0 Å². The summed E-state index contributed by atoms with van der Waals surface area (Å²) in [6, 6.07) is 67.0. The predicted molar refractivity (Wildman–Crippen MR) is 215 cm³/mol. The third kappa shape index (κ3) is 4.31. The van der Waals surface area contributed by atoms with Gasteiger partial charge in [0.25, 0.3) is 0 Å². The van der Waals surface area contributed by atoms with Gasteiger partial charge < -0.3 is 0 Å². The molecule has 2 heterocycles. The van der Waals surface area contributed by atoms with Crippen LogP contribution in [0.15, 0.2) is 188 Å². The van der Waals surface area contributed by atoms with Gasteiger partial charge in [-0.3, -0.25) is 0 Å². The second-order valence-corrected chi connectivity index (χ2v) is 13.9. The Morgan fingerprint density at radius 3 is 1.49 bits per heavy atom. The van der Waals surface area contributed by atoms with Crippen molar-refractivity contribution < 1.29 is 0 Å². The molecule has 0 N–H and O–H groups in total. The van der Waals surface area contributed by atoms with Crippen LogP contribution in [0.5, 0.6) is 0 Å². The van der Waals surface area contributed by atoms with Crippen LogP contribution in [-0.4, -0.2) is 15.0 Å². The Morgan fingerprint density at radius 1 is 0.358 bits per heavy atom. The van der Waals surface area contributed by atoms with Crippen LogP contribution < -0.4 is 0 Å². The van der Waals surface area contributed by atoms with Crippen LogP contribution in [0.3, 0.4) is 0 Å². The molecule has 53 heavy (non-hydrogen) atoms. The highest BCUT2D eigenvalue weighted by molar-refractivity contribution is 6.06. The first kappa shape index (κ1) is 29.7. The van der Waals surface area contributed by atoms with Gasteiger partial charge in [0, 0.05) is 33.2 Å². The Morgan fingerprint density at radius 2 is 0.849 bits per heavy atom. The highest BCUT2D eigenvalue weighted by Gasteiger charge is 2.53. The molecule has 2 aliphatic carbocycles. The van der Waals surface area contributed by atoms with Gasteiger partial charge >= 0.3 is 0 Å². The summed E-state index contributed by atoms with van der Waals surface area (Å²) in [4.78, 5) is 15.8. The molecular weight excluding hydrogens is 643 g/mol. The molecule has 3 heteroatoms. The summed E-state index contributed by atoms with van der Waals surface area (Å²) < 4.78 is 0. The molecule has 0 bridgehead atoms. The zero-order valence-corrected chi connectivity index (χ0v) is 28.7. The molecule has 0 fully saturated rings. The summed E-state index contributed by atoms with van der Waals surface area (Å²) in [5.41, 5.74) is 17.6. The van der Waals surface area contributed by atoms with Crippen molar-refractivity contribution in [2.75, 3.05) is 0 Å². The summed E-state index contributed by atoms with van der Waals surface area (Å²) in [5.74, 6) is 0.681. The molecule has 1 spiro atoms. The van der Waals surface area contributed by atoms with Crippen molar-refractivity contribution in [2.24, 2.45) is 0 Å². The first-order valence-electron chi connectivity index (χ1n) is 18.1. The zero-order chi connectivity index (χ0) is 34.9. The van der Waals surface area contributed by atoms with Crippen LogP contribution in [-0.2, 0) is 5.41 Å². The zero-order valence-electron chi connectivity index (χ0n) is 28.7. The second kappa shape index (κ2) is 11.5. The molecule has 7 aromatic carbocycles. The van der Waals surface area contributed by atoms with E-state index in [1.54, 1.807) is 0 Å². The normalized spacial score (nSPS) is 13.1. The van der Waals surface area contributed by atoms with Crippen LogP contribution >= 0.6 is 0 Å². The molecule has 0 saturated heterocycles. The Labute approximate surface area is 308 Å². The summed E-state index contributed by atoms with van der Waals surface area (Å²) in [7, 11) is 0. The molecular formula is C50H31N3. The number of para-hydroxylation sites is 1. The first-order chi connectivity index (χ1) is 26.3. The Kier molecular flexibility index (Phi) is 6.47. The number of aromatic nitrogens is 3. The van der Waals surface area contributed by atoms with Gasteiger partial charge in [-0.15, -0.1) is 0 Å². The van der Waals surface area contributed by atoms with Gasteiger partial charge in [-0.1, -0.05) is 170 Å². The van der Waals surface area contributed by atoms with Crippen LogP contribution in [0.1, 0.15) is 22.3 Å². The Hall–Kier alpha value is -6.97. The van der Waals surface area contributed by atoms with Crippen molar-refractivity contribution in [3.05, 3.63) is 210 Å². The summed E-state index contributed by atoms with van der Waals surface area (Å²) in [6.45, 7) is 0. The van der Waals surface area contributed by atoms with E-state index < -0.39 is 5.41 Å². The summed E-state index contributed by atoms with van der Waals surface area (Å²) in [5, 5.41) is 1.18. The average molecular weight is 674 g/mol. The van der Waals surface area contributed by atoms with Gasteiger partial charge in [-0.25, -0.2) is 15.0 Å². The van der Waals surface area contributed by atoms with E-state index in [4.69, 9.17) is 15.0 Å². The monoisotopic (exact) mass is 673 g/mol. The number of hydrogen-bond acceptors (Lipinski definition) is 3. The molecule has 11 rings (SSSR count). The van der Waals surface area contributed by atoms with E-state index in [9.17, 15) is 0 Å². The number of pyridine rings is 1. The van der Waals surface area contributed by atoms with Crippen LogP contribution in [0, 0.1) is 0 Å². The van der Waals surface area contributed by atoms with E-state index in [1.165, 1.54) is 49.9 Å². The van der Waals surface area contributed by atoms with Gasteiger partial charge in [0.2, 0.25) is 0 Å². The fourth-order valence-electron chi connectivity index (χ4n) is 8.93. The smallest absolute Gasteiger partial charge is 0.160 e. The van der Waals surface area contributed by atoms with Crippen molar-refractivity contribution in [2.45, 2.75) is 5.41 Å². The largest absolute Gasteiger partial charge is 0.247 e. The van der Waals surface area contributed by atoms with Crippen molar-refractivity contribution in [1.29, 1.82) is 0 Å². The number of fused-ring (bicyclic) bond motifs is 12. The molecule has 0 atom stereocenters. The predicted octanol–water partition coefficient (Wildman–Crippen LogP) is 12.0. The molecule has 0 saturated carbocycles. The molecule has 0 amide bonds. The van der Waals surface area contributed by atoms with E-state index in [0.29, 0.717) is 5.82 Å². The molecule has 9 aromatic rings. The SMILES string of the molecule is c1ccc(-c2cc(-c3ccccc3)nc(-c3cccc(-c4nc5ccccc5c5c4-c4ccccc4C54c5ccccc5-c5ccccc54)c3)n2)cc1. The molecule has 246 valence electrons. The number of nitrogens with zero attached hydrogens (tertiary/aromatic N) is 3. The standard InChI is InChI=1S/C50H31N3/c1-3-16-32(17-4-1)44-31-45(33-18-5-2-6-19-33)53-49(52-44)35-21-15-20-34(30-35)48-46-38-24-9-13-28-42(38)50(47(46)39-25-10-14-29-43(39)51-48)40-26-11-7-22-36(40)37-23-8-12-27-41(37)50/h1-31H. The highest BCUT2D eigenvalue weighted by atomic mass is 14.9. The minimum Gasteiger partial charge on any atom is -0.247 e. The number of hydrogen-bond donors (Lipinski definition) is 0. The van der Waals surface area contributed by atoms with E-state index in [-0.39, 0.29) is 0 Å². The van der Waals surface area contributed by atoms with E-state index in [1.807, 2.05) is 12.1 Å². The third-order valence-electron chi connectivity index (χ3n) is 11.1. The maximum absolute atomic E-state index is 5.51. The lowest BCUT2D eigenvalue weighted by atomic mass is 9.69. The fraction of sp³-hybridized carbons (Fsp3) is 0.0200. The Balaban J connectivity index is 1.19. The lowest BCUT2D eigenvalue weighted by Gasteiger charge is -2.31. The topological polar surface area (TPSA) is 38.7 Å². The number of benzene rings is 7. The molecule has 0 unspecified atom stereocenters. The average Bonchev–Trinajstić information content (AvgIpc) is 3.72. The quantitative estimate of drug-likeness (QED) is 0.187. The maximum atomic E-state index is 5.51. The van der Waals surface area contributed by atoms with Crippen molar-refractivity contribution >= 4 is 10.9 Å². The van der Waals surface area contributed by atoms with Crippen molar-refractivity contribution in [3.8, 4) is 67.4 Å². The lowest BCUT2D eigenvalue weighted by molar-refractivity contribution is 0.801. The molecule has 2 aliphatic rings. The summed E-state index contributed by atoms with van der Waals surface area (Å²) >= 11 is 0. The third-order valence-corrected chi connectivity index (χ3v) is 11.1. The lowest BCUT2D eigenvalue weighted by Crippen LogP contribution is -2.26.